The molecule has 5 nitrogen and oxygen atoms in total. The molecule has 0 aliphatic rings. The Balaban J connectivity index is 1.52. The van der Waals surface area contributed by atoms with E-state index in [0.717, 1.165) is 16.3 Å². The van der Waals surface area contributed by atoms with Crippen molar-refractivity contribution >= 4 is 22.6 Å². The molecule has 2 N–H and O–H groups in total. The molecule has 0 heterocycles. The number of rotatable bonds is 5. The summed E-state index contributed by atoms with van der Waals surface area (Å²) in [5, 5.41) is 2.10. The van der Waals surface area contributed by atoms with Gasteiger partial charge < -0.3 is 4.74 Å². The number of ether oxygens (including phenoxy) is 1. The molecule has 1 unspecified atom stereocenters. The van der Waals surface area contributed by atoms with Crippen LogP contribution >= 0.6 is 0 Å². The molecule has 3 rings (SSSR count). The SMILES string of the molecule is CC(Oc1ccc(C(C)(C)C)cc1)C(=O)NNC(=O)Cc1cccc2ccccc12. The van der Waals surface area contributed by atoms with Gasteiger partial charge in [-0.2, -0.15) is 0 Å². The van der Waals surface area contributed by atoms with Gasteiger partial charge in [-0.3, -0.25) is 20.4 Å². The minimum Gasteiger partial charge on any atom is -0.481 e. The Morgan fingerprint density at radius 2 is 1.57 bits per heavy atom. The number of nitrogens with one attached hydrogen (secondary N) is 2. The summed E-state index contributed by atoms with van der Waals surface area (Å²) < 4.78 is 5.69. The lowest BCUT2D eigenvalue weighted by Crippen LogP contribution is -2.47. The third kappa shape index (κ3) is 5.38. The molecule has 5 heteroatoms. The zero-order valence-electron chi connectivity index (χ0n) is 17.9. The van der Waals surface area contributed by atoms with Crippen LogP contribution in [0, 0.1) is 0 Å². The van der Waals surface area contributed by atoms with E-state index < -0.39 is 12.0 Å². The van der Waals surface area contributed by atoms with Crippen molar-refractivity contribution < 1.29 is 14.3 Å². The lowest BCUT2D eigenvalue weighted by molar-refractivity contribution is -0.132. The molecule has 0 aromatic heterocycles. The highest BCUT2D eigenvalue weighted by atomic mass is 16.5. The predicted octanol–water partition coefficient (Wildman–Crippen LogP) is 4.29. The van der Waals surface area contributed by atoms with E-state index >= 15 is 0 Å². The van der Waals surface area contributed by atoms with E-state index in [1.54, 1.807) is 6.92 Å². The maximum Gasteiger partial charge on any atom is 0.279 e. The zero-order chi connectivity index (χ0) is 21.7. The van der Waals surface area contributed by atoms with Crippen LogP contribution < -0.4 is 15.6 Å². The van der Waals surface area contributed by atoms with Gasteiger partial charge in [0.2, 0.25) is 5.91 Å². The van der Waals surface area contributed by atoms with Crippen LogP contribution in [0.25, 0.3) is 10.8 Å². The Kier molecular flexibility index (Phi) is 6.40. The Labute approximate surface area is 177 Å². The average Bonchev–Trinajstić information content (AvgIpc) is 2.72. The van der Waals surface area contributed by atoms with Crippen molar-refractivity contribution in [2.75, 3.05) is 0 Å². The number of amides is 2. The van der Waals surface area contributed by atoms with Gasteiger partial charge in [-0.1, -0.05) is 75.4 Å². The fourth-order valence-electron chi connectivity index (χ4n) is 3.19. The van der Waals surface area contributed by atoms with Crippen LogP contribution in [0.1, 0.15) is 38.8 Å². The second-order valence-electron chi connectivity index (χ2n) is 8.39. The number of hydrogen-bond acceptors (Lipinski definition) is 3. The first-order valence-electron chi connectivity index (χ1n) is 10.1. The zero-order valence-corrected chi connectivity index (χ0v) is 17.9. The van der Waals surface area contributed by atoms with Gasteiger partial charge >= 0.3 is 0 Å². The van der Waals surface area contributed by atoms with Crippen LogP contribution in [0.2, 0.25) is 0 Å². The van der Waals surface area contributed by atoms with Crippen LogP contribution in [0.5, 0.6) is 5.75 Å². The molecule has 1 atom stereocenters. The third-order valence-electron chi connectivity index (χ3n) is 4.96. The molecule has 156 valence electrons. The summed E-state index contributed by atoms with van der Waals surface area (Å²) in [6.07, 6.45) is -0.575. The first-order chi connectivity index (χ1) is 14.2. The summed E-state index contributed by atoms with van der Waals surface area (Å²) in [6.45, 7) is 8.06. The maximum absolute atomic E-state index is 12.3. The van der Waals surface area contributed by atoms with Crippen molar-refractivity contribution in [2.45, 2.75) is 45.6 Å². The average molecular weight is 405 g/mol. The largest absolute Gasteiger partial charge is 0.481 e. The minimum absolute atomic E-state index is 0.0515. The molecule has 0 spiro atoms. The number of hydrazine groups is 1. The van der Waals surface area contributed by atoms with E-state index in [9.17, 15) is 9.59 Å². The van der Waals surface area contributed by atoms with Crippen molar-refractivity contribution in [3.8, 4) is 5.75 Å². The van der Waals surface area contributed by atoms with Crippen molar-refractivity contribution in [1.82, 2.24) is 10.9 Å². The molecule has 30 heavy (non-hydrogen) atoms. The molecule has 0 bridgehead atoms. The quantitative estimate of drug-likeness (QED) is 0.623. The Morgan fingerprint density at radius 1 is 0.900 bits per heavy atom. The lowest BCUT2D eigenvalue weighted by Gasteiger charge is -2.20. The van der Waals surface area contributed by atoms with E-state index in [4.69, 9.17) is 4.74 Å². The molecule has 3 aromatic rings. The normalized spacial score (nSPS) is 12.3. The highest BCUT2D eigenvalue weighted by Gasteiger charge is 2.17. The molecular weight excluding hydrogens is 376 g/mol. The van der Waals surface area contributed by atoms with Gasteiger partial charge in [-0.15, -0.1) is 0 Å². The van der Waals surface area contributed by atoms with Crippen LogP contribution in [0.3, 0.4) is 0 Å². The first kappa shape index (κ1) is 21.4. The summed E-state index contributed by atoms with van der Waals surface area (Å²) in [5.41, 5.74) is 7.06. The van der Waals surface area contributed by atoms with Gasteiger partial charge in [0, 0.05) is 0 Å². The minimum atomic E-state index is -0.747. The van der Waals surface area contributed by atoms with Gasteiger partial charge in [-0.05, 0) is 46.4 Å². The number of carbonyl (C=O) groups is 2. The Bertz CT molecular complexity index is 1030. The molecule has 0 aliphatic heterocycles. The Hall–Kier alpha value is -3.34. The number of carbonyl (C=O) groups excluding carboxylic acids is 2. The highest BCUT2D eigenvalue weighted by molar-refractivity contribution is 5.91. The molecule has 0 saturated heterocycles. The summed E-state index contributed by atoms with van der Waals surface area (Å²) in [4.78, 5) is 24.6. The number of benzene rings is 3. The van der Waals surface area contributed by atoms with E-state index in [1.807, 2.05) is 66.7 Å². The molecule has 3 aromatic carbocycles. The second-order valence-corrected chi connectivity index (χ2v) is 8.39. The third-order valence-corrected chi connectivity index (χ3v) is 4.96. The van der Waals surface area contributed by atoms with E-state index in [2.05, 4.69) is 31.6 Å². The van der Waals surface area contributed by atoms with Crippen molar-refractivity contribution in [3.63, 3.8) is 0 Å². The van der Waals surface area contributed by atoms with E-state index in [1.165, 1.54) is 5.56 Å². The first-order valence-corrected chi connectivity index (χ1v) is 10.1. The monoisotopic (exact) mass is 404 g/mol. The molecule has 2 amide bonds. The molecule has 0 fully saturated rings. The summed E-state index contributed by atoms with van der Waals surface area (Å²) in [6, 6.07) is 21.4. The fraction of sp³-hybridized carbons (Fsp3) is 0.280. The van der Waals surface area contributed by atoms with Crippen molar-refractivity contribution in [1.29, 1.82) is 0 Å². The van der Waals surface area contributed by atoms with Crippen LogP contribution in [0.4, 0.5) is 0 Å². The highest BCUT2D eigenvalue weighted by Crippen LogP contribution is 2.24. The number of hydrogen-bond donors (Lipinski definition) is 2. The standard InChI is InChI=1S/C25H28N2O3/c1-17(30-21-14-12-20(13-15-21)25(2,3)4)24(29)27-26-23(28)16-19-10-7-9-18-8-5-6-11-22(18)19/h5-15,17H,16H2,1-4H3,(H,26,28)(H,27,29). The maximum atomic E-state index is 12.3. The van der Waals surface area contributed by atoms with Gasteiger partial charge in [0.05, 0.1) is 6.42 Å². The van der Waals surface area contributed by atoms with Crippen LogP contribution in [0.15, 0.2) is 66.7 Å². The fourth-order valence-corrected chi connectivity index (χ4v) is 3.19. The molecule has 0 saturated carbocycles. The van der Waals surface area contributed by atoms with Gasteiger partial charge in [-0.25, -0.2) is 0 Å². The van der Waals surface area contributed by atoms with Gasteiger partial charge in [0.1, 0.15) is 5.75 Å². The van der Waals surface area contributed by atoms with E-state index in [-0.39, 0.29) is 17.7 Å². The Morgan fingerprint density at radius 3 is 2.27 bits per heavy atom. The predicted molar refractivity (Wildman–Crippen MR) is 119 cm³/mol. The smallest absolute Gasteiger partial charge is 0.279 e. The molecule has 0 radical (unpaired) electrons. The molecular formula is C25H28N2O3. The van der Waals surface area contributed by atoms with Gasteiger partial charge in [0.15, 0.2) is 6.10 Å². The second kappa shape index (κ2) is 8.99. The topological polar surface area (TPSA) is 67.4 Å². The van der Waals surface area contributed by atoms with Gasteiger partial charge in [0.25, 0.3) is 5.91 Å². The molecule has 0 aliphatic carbocycles. The van der Waals surface area contributed by atoms with Crippen LogP contribution in [-0.2, 0) is 21.4 Å². The van der Waals surface area contributed by atoms with Crippen molar-refractivity contribution in [3.05, 3.63) is 77.9 Å². The summed E-state index contributed by atoms with van der Waals surface area (Å²) in [5.74, 6) is -0.102. The summed E-state index contributed by atoms with van der Waals surface area (Å²) >= 11 is 0. The van der Waals surface area contributed by atoms with E-state index in [0.29, 0.717) is 5.75 Å². The van der Waals surface area contributed by atoms with Crippen LogP contribution in [-0.4, -0.2) is 17.9 Å². The van der Waals surface area contributed by atoms with Crippen molar-refractivity contribution in [2.24, 2.45) is 0 Å². The lowest BCUT2D eigenvalue weighted by atomic mass is 9.87. The summed E-state index contributed by atoms with van der Waals surface area (Å²) in [7, 11) is 0. The number of fused-ring (bicyclic) bond motifs is 1.